The second kappa shape index (κ2) is 4.61. The van der Waals surface area contributed by atoms with Gasteiger partial charge in [0.1, 0.15) is 6.17 Å². The largest absolute Gasteiger partial charge is 0.279 e. The van der Waals surface area contributed by atoms with Gasteiger partial charge in [-0.1, -0.05) is 13.8 Å². The van der Waals surface area contributed by atoms with Crippen LogP contribution in [0.2, 0.25) is 0 Å². The van der Waals surface area contributed by atoms with Gasteiger partial charge < -0.3 is 0 Å². The Morgan fingerprint density at radius 1 is 1.69 bits per heavy atom. The number of rotatable bonds is 1. The van der Waals surface area contributed by atoms with Crippen LogP contribution < -0.4 is 0 Å². The van der Waals surface area contributed by atoms with Crippen LogP contribution in [0.3, 0.4) is 0 Å². The predicted octanol–water partition coefficient (Wildman–Crippen LogP) is 2.41. The third-order valence-corrected chi connectivity index (χ3v) is 3.65. The minimum Gasteiger partial charge on any atom is -0.279 e. The van der Waals surface area contributed by atoms with E-state index in [-0.39, 0.29) is 17.7 Å². The molecular formula is C9H13FN2S. The Morgan fingerprint density at radius 2 is 2.38 bits per heavy atom. The molecule has 0 spiro atoms. The van der Waals surface area contributed by atoms with Gasteiger partial charge in [0.05, 0.1) is 24.1 Å². The van der Waals surface area contributed by atoms with E-state index >= 15 is 0 Å². The van der Waals surface area contributed by atoms with Crippen molar-refractivity contribution in [3.63, 3.8) is 0 Å². The zero-order valence-electron chi connectivity index (χ0n) is 7.83. The Balaban J connectivity index is 2.67. The fourth-order valence-electron chi connectivity index (χ4n) is 1.17. The number of aliphatic imine (C=N–C) groups is 1. The normalized spacial score (nSPS) is 34.6. The molecule has 0 aliphatic carbocycles. The maximum absolute atomic E-state index is 13.3. The van der Waals surface area contributed by atoms with Crippen molar-refractivity contribution in [2.75, 3.05) is 6.54 Å². The molecule has 4 heteroatoms. The lowest BCUT2D eigenvalue weighted by Gasteiger charge is -2.18. The number of hydrogen-bond donors (Lipinski definition) is 0. The monoisotopic (exact) mass is 200 g/mol. The smallest absolute Gasteiger partial charge is 0.123 e. The molecule has 0 amide bonds. The zero-order valence-corrected chi connectivity index (χ0v) is 8.64. The van der Waals surface area contributed by atoms with Gasteiger partial charge in [-0.2, -0.15) is 5.26 Å². The highest BCUT2D eigenvalue weighted by molar-refractivity contribution is 8.14. The average molecular weight is 200 g/mol. The third kappa shape index (κ3) is 2.70. The molecule has 13 heavy (non-hydrogen) atoms. The van der Waals surface area contributed by atoms with E-state index < -0.39 is 6.17 Å². The van der Waals surface area contributed by atoms with E-state index in [9.17, 15) is 4.39 Å². The molecular weight excluding hydrogens is 187 g/mol. The van der Waals surface area contributed by atoms with Gasteiger partial charge in [-0.3, -0.25) is 4.99 Å². The van der Waals surface area contributed by atoms with Gasteiger partial charge in [-0.15, -0.1) is 11.8 Å². The van der Waals surface area contributed by atoms with E-state index in [0.717, 1.165) is 5.04 Å². The fourth-order valence-corrected chi connectivity index (χ4v) is 2.29. The molecule has 0 aromatic carbocycles. The number of alkyl halides is 1. The van der Waals surface area contributed by atoms with E-state index in [2.05, 4.69) is 4.99 Å². The summed E-state index contributed by atoms with van der Waals surface area (Å²) in [6.45, 7) is 4.10. The summed E-state index contributed by atoms with van der Waals surface area (Å²) in [5.74, 6) is 0.0185. The minimum absolute atomic E-state index is 0.0185. The molecule has 0 aromatic heterocycles. The second-order valence-electron chi connectivity index (χ2n) is 3.27. The molecule has 0 saturated heterocycles. The summed E-state index contributed by atoms with van der Waals surface area (Å²) >= 11 is 1.53. The number of nitrogens with zero attached hydrogens (tertiary/aromatic N) is 2. The first-order chi connectivity index (χ1) is 6.15. The average Bonchev–Trinajstić information content (AvgIpc) is 2.21. The van der Waals surface area contributed by atoms with Crippen LogP contribution in [0.5, 0.6) is 0 Å². The molecule has 1 rings (SSSR count). The maximum Gasteiger partial charge on any atom is 0.123 e. The molecule has 1 heterocycles. The van der Waals surface area contributed by atoms with Gasteiger partial charge in [-0.05, 0) is 0 Å². The molecule has 1 aliphatic heterocycles. The van der Waals surface area contributed by atoms with Crippen molar-refractivity contribution in [2.24, 2.45) is 10.9 Å². The first kappa shape index (κ1) is 10.5. The Morgan fingerprint density at radius 3 is 3.00 bits per heavy atom. The molecule has 0 saturated carbocycles. The van der Waals surface area contributed by atoms with E-state index in [1.54, 1.807) is 0 Å². The minimum atomic E-state index is -0.862. The lowest BCUT2D eigenvalue weighted by Crippen LogP contribution is -2.22. The van der Waals surface area contributed by atoms with Crippen molar-refractivity contribution in [2.45, 2.75) is 31.7 Å². The first-order valence-corrected chi connectivity index (χ1v) is 5.24. The lowest BCUT2D eigenvalue weighted by atomic mass is 10.0. The first-order valence-electron chi connectivity index (χ1n) is 4.36. The van der Waals surface area contributed by atoms with Crippen LogP contribution in [0.4, 0.5) is 4.39 Å². The molecule has 72 valence electrons. The van der Waals surface area contributed by atoms with Crippen molar-refractivity contribution in [3.8, 4) is 6.07 Å². The zero-order chi connectivity index (χ0) is 9.84. The highest BCUT2D eigenvalue weighted by atomic mass is 32.2. The van der Waals surface area contributed by atoms with Crippen molar-refractivity contribution >= 4 is 16.8 Å². The summed E-state index contributed by atoms with van der Waals surface area (Å²) in [5, 5.41) is 9.48. The molecule has 0 radical (unpaired) electrons. The third-order valence-electron chi connectivity index (χ3n) is 2.31. The summed E-state index contributed by atoms with van der Waals surface area (Å²) in [5.41, 5.74) is 0. The molecule has 1 aliphatic rings. The van der Waals surface area contributed by atoms with Crippen molar-refractivity contribution in [3.05, 3.63) is 0 Å². The van der Waals surface area contributed by atoms with Crippen molar-refractivity contribution in [1.29, 1.82) is 5.26 Å². The van der Waals surface area contributed by atoms with Crippen LogP contribution in [-0.2, 0) is 0 Å². The van der Waals surface area contributed by atoms with Gasteiger partial charge in [0.2, 0.25) is 0 Å². The molecule has 3 atom stereocenters. The Bertz CT molecular complexity index is 246. The Labute approximate surface area is 82.2 Å². The van der Waals surface area contributed by atoms with Crippen molar-refractivity contribution in [1.82, 2.24) is 0 Å². The standard InChI is InChI=1S/C9H13FN2S/c1-6-7(2)13-9(3-4-11)12-5-8(6)10/h6-8H,3,5H2,1-2H3/t6-,7+,8?/m0/s1. The van der Waals surface area contributed by atoms with Crippen molar-refractivity contribution < 1.29 is 4.39 Å². The number of hydrogen-bond acceptors (Lipinski definition) is 3. The number of nitriles is 1. The molecule has 0 bridgehead atoms. The van der Waals surface area contributed by atoms with E-state index in [0.29, 0.717) is 6.42 Å². The highest BCUT2D eigenvalue weighted by Gasteiger charge is 2.26. The van der Waals surface area contributed by atoms with E-state index in [1.165, 1.54) is 11.8 Å². The topological polar surface area (TPSA) is 36.1 Å². The van der Waals surface area contributed by atoms with E-state index in [1.807, 2.05) is 19.9 Å². The predicted molar refractivity (Wildman–Crippen MR) is 53.6 cm³/mol. The van der Waals surface area contributed by atoms with Crippen LogP contribution in [0.25, 0.3) is 0 Å². The second-order valence-corrected chi connectivity index (χ2v) is 4.72. The Hall–Kier alpha value is -0.560. The van der Waals surface area contributed by atoms with Gasteiger partial charge >= 0.3 is 0 Å². The van der Waals surface area contributed by atoms with Gasteiger partial charge in [0.15, 0.2) is 0 Å². The number of thioether (sulfide) groups is 1. The molecule has 0 aromatic rings. The maximum atomic E-state index is 13.3. The molecule has 1 unspecified atom stereocenters. The van der Waals surface area contributed by atoms with Crippen LogP contribution >= 0.6 is 11.8 Å². The van der Waals surface area contributed by atoms with Gasteiger partial charge in [-0.25, -0.2) is 4.39 Å². The Kier molecular flexibility index (Phi) is 3.73. The summed E-state index contributed by atoms with van der Waals surface area (Å²) < 4.78 is 13.3. The summed E-state index contributed by atoms with van der Waals surface area (Å²) in [6.07, 6.45) is -0.548. The molecule has 0 N–H and O–H groups in total. The fraction of sp³-hybridized carbons (Fsp3) is 0.778. The summed E-state index contributed by atoms with van der Waals surface area (Å²) in [7, 11) is 0. The molecule has 0 fully saturated rings. The summed E-state index contributed by atoms with van der Waals surface area (Å²) in [4.78, 5) is 4.08. The quantitative estimate of drug-likeness (QED) is 0.651. The van der Waals surface area contributed by atoms with Crippen LogP contribution in [0, 0.1) is 17.2 Å². The van der Waals surface area contributed by atoms with Crippen LogP contribution in [0.1, 0.15) is 20.3 Å². The van der Waals surface area contributed by atoms with Gasteiger partial charge in [0.25, 0.3) is 0 Å². The lowest BCUT2D eigenvalue weighted by molar-refractivity contribution is 0.251. The van der Waals surface area contributed by atoms with Crippen LogP contribution in [-0.4, -0.2) is 23.0 Å². The van der Waals surface area contributed by atoms with Gasteiger partial charge in [0, 0.05) is 11.2 Å². The summed E-state index contributed by atoms with van der Waals surface area (Å²) in [6, 6.07) is 2.04. The SMILES string of the molecule is C[C@@H]1C(F)CN=C(CC#N)S[C@@H]1C. The highest BCUT2D eigenvalue weighted by Crippen LogP contribution is 2.29. The number of halogens is 1. The molecule has 2 nitrogen and oxygen atoms in total. The van der Waals surface area contributed by atoms with Crippen LogP contribution in [0.15, 0.2) is 4.99 Å². The van der Waals surface area contributed by atoms with E-state index in [4.69, 9.17) is 5.26 Å².